The molecule has 8 heteroatoms. The first kappa shape index (κ1) is 16.5. The van der Waals surface area contributed by atoms with E-state index < -0.39 is 0 Å². The minimum atomic E-state index is 0.0459. The van der Waals surface area contributed by atoms with E-state index in [0.717, 1.165) is 64.2 Å². The van der Waals surface area contributed by atoms with Crippen molar-refractivity contribution in [3.63, 3.8) is 0 Å². The molecule has 0 aromatic carbocycles. The summed E-state index contributed by atoms with van der Waals surface area (Å²) in [5.41, 5.74) is 0. The molecule has 2 fully saturated rings. The predicted octanol–water partition coefficient (Wildman–Crippen LogP) is 0.695. The normalized spacial score (nSPS) is 21.3. The van der Waals surface area contributed by atoms with Crippen LogP contribution in [0.25, 0.3) is 0 Å². The first-order chi connectivity index (χ1) is 11.2. The van der Waals surface area contributed by atoms with Crippen molar-refractivity contribution in [3.05, 3.63) is 11.6 Å². The van der Waals surface area contributed by atoms with E-state index in [1.165, 1.54) is 0 Å². The molecule has 1 aromatic rings. The van der Waals surface area contributed by atoms with Gasteiger partial charge in [-0.3, -0.25) is 4.90 Å². The average Bonchev–Trinajstić information content (AvgIpc) is 3.10. The van der Waals surface area contributed by atoms with Gasteiger partial charge in [0, 0.05) is 63.4 Å². The lowest BCUT2D eigenvalue weighted by molar-refractivity contribution is 0.0346. The highest BCUT2D eigenvalue weighted by Gasteiger charge is 2.23. The lowest BCUT2D eigenvalue weighted by Crippen LogP contribution is -2.55. The van der Waals surface area contributed by atoms with Crippen molar-refractivity contribution in [1.29, 1.82) is 0 Å². The van der Waals surface area contributed by atoms with Gasteiger partial charge in [0.05, 0.1) is 13.2 Å². The third-order valence-electron chi connectivity index (χ3n) is 4.26. The highest BCUT2D eigenvalue weighted by molar-refractivity contribution is 7.13. The Labute approximate surface area is 141 Å². The van der Waals surface area contributed by atoms with Crippen LogP contribution in [0.4, 0.5) is 9.93 Å². The van der Waals surface area contributed by atoms with E-state index >= 15 is 0 Å². The summed E-state index contributed by atoms with van der Waals surface area (Å²) in [6.07, 6.45) is 1.83. The van der Waals surface area contributed by atoms with E-state index in [0.29, 0.717) is 0 Å². The quantitative estimate of drug-likeness (QED) is 0.875. The predicted molar refractivity (Wildman–Crippen MR) is 91.2 cm³/mol. The number of nitrogens with zero attached hydrogens (tertiary/aromatic N) is 4. The van der Waals surface area contributed by atoms with Crippen LogP contribution in [-0.4, -0.2) is 85.9 Å². The van der Waals surface area contributed by atoms with Crippen molar-refractivity contribution in [2.45, 2.75) is 13.0 Å². The van der Waals surface area contributed by atoms with Crippen molar-refractivity contribution in [2.24, 2.45) is 0 Å². The van der Waals surface area contributed by atoms with Crippen LogP contribution in [0.5, 0.6) is 0 Å². The topological polar surface area (TPSA) is 60.9 Å². The summed E-state index contributed by atoms with van der Waals surface area (Å²) in [5, 5.41) is 6.15. The molecule has 0 radical (unpaired) electrons. The van der Waals surface area contributed by atoms with Crippen LogP contribution in [-0.2, 0) is 4.74 Å². The molecule has 1 N–H and O–H groups in total. The van der Waals surface area contributed by atoms with E-state index in [1.54, 1.807) is 11.3 Å². The molecule has 3 rings (SSSR count). The van der Waals surface area contributed by atoms with Gasteiger partial charge in [-0.1, -0.05) is 0 Å². The zero-order chi connectivity index (χ0) is 16.1. The van der Waals surface area contributed by atoms with Crippen molar-refractivity contribution in [2.75, 3.05) is 63.9 Å². The number of morpholine rings is 1. The van der Waals surface area contributed by atoms with Crippen LogP contribution < -0.4 is 10.2 Å². The van der Waals surface area contributed by atoms with Gasteiger partial charge in [0.15, 0.2) is 5.13 Å². The summed E-state index contributed by atoms with van der Waals surface area (Å²) >= 11 is 1.65. The van der Waals surface area contributed by atoms with Gasteiger partial charge >= 0.3 is 6.03 Å². The fourth-order valence-corrected chi connectivity index (χ4v) is 3.69. The van der Waals surface area contributed by atoms with E-state index in [1.807, 2.05) is 16.5 Å². The first-order valence-electron chi connectivity index (χ1n) is 8.22. The average molecular weight is 339 g/mol. The SMILES string of the molecule is CC(CN1CCOCC1)NC(=O)N1CCN(c2nccs2)CC1. The Balaban J connectivity index is 1.40. The largest absolute Gasteiger partial charge is 0.379 e. The summed E-state index contributed by atoms with van der Waals surface area (Å²) in [6, 6.07) is 0.196. The number of anilines is 1. The van der Waals surface area contributed by atoms with Gasteiger partial charge in [-0.2, -0.15) is 0 Å². The highest BCUT2D eigenvalue weighted by atomic mass is 32.1. The minimum absolute atomic E-state index is 0.0459. The number of hydrogen-bond donors (Lipinski definition) is 1. The minimum Gasteiger partial charge on any atom is -0.379 e. The maximum atomic E-state index is 12.4. The lowest BCUT2D eigenvalue weighted by atomic mass is 10.3. The van der Waals surface area contributed by atoms with Gasteiger partial charge in [0.2, 0.25) is 0 Å². The summed E-state index contributed by atoms with van der Waals surface area (Å²) in [5.74, 6) is 0. The van der Waals surface area contributed by atoms with Gasteiger partial charge in [-0.05, 0) is 6.92 Å². The Hall–Kier alpha value is -1.38. The Morgan fingerprint density at radius 3 is 2.70 bits per heavy atom. The second-order valence-corrected chi connectivity index (χ2v) is 6.93. The standard InChI is InChI=1S/C15H25N5O2S/c1-13(12-18-7-9-22-10-8-18)17-14(21)19-3-5-20(6-4-19)15-16-2-11-23-15/h2,11,13H,3-10,12H2,1H3,(H,17,21). The molecule has 7 nitrogen and oxygen atoms in total. The fraction of sp³-hybridized carbons (Fsp3) is 0.733. The van der Waals surface area contributed by atoms with Gasteiger partial charge in [0.25, 0.3) is 0 Å². The number of carbonyl (C=O) groups is 1. The maximum Gasteiger partial charge on any atom is 0.317 e. The van der Waals surface area contributed by atoms with E-state index in [9.17, 15) is 4.79 Å². The van der Waals surface area contributed by atoms with Crippen molar-refractivity contribution in [3.8, 4) is 0 Å². The molecule has 23 heavy (non-hydrogen) atoms. The van der Waals surface area contributed by atoms with Gasteiger partial charge in [0.1, 0.15) is 0 Å². The molecular weight excluding hydrogens is 314 g/mol. The number of aromatic nitrogens is 1. The van der Waals surface area contributed by atoms with Gasteiger partial charge in [-0.25, -0.2) is 9.78 Å². The summed E-state index contributed by atoms with van der Waals surface area (Å²) in [7, 11) is 0. The zero-order valence-electron chi connectivity index (χ0n) is 13.6. The van der Waals surface area contributed by atoms with Crippen LogP contribution in [0.3, 0.4) is 0 Å². The number of piperazine rings is 1. The second kappa shape index (κ2) is 7.94. The number of amides is 2. The Morgan fingerprint density at radius 2 is 2.04 bits per heavy atom. The van der Waals surface area contributed by atoms with Crippen molar-refractivity contribution >= 4 is 22.5 Å². The molecule has 3 heterocycles. The number of thiazole rings is 1. The van der Waals surface area contributed by atoms with Crippen LogP contribution >= 0.6 is 11.3 Å². The molecule has 2 aliphatic heterocycles. The number of rotatable bonds is 4. The molecule has 2 aliphatic rings. The molecule has 0 saturated carbocycles. The first-order valence-corrected chi connectivity index (χ1v) is 9.10. The Bertz CT molecular complexity index is 484. The summed E-state index contributed by atoms with van der Waals surface area (Å²) < 4.78 is 5.35. The van der Waals surface area contributed by atoms with Gasteiger partial charge < -0.3 is 19.9 Å². The molecule has 128 valence electrons. The van der Waals surface area contributed by atoms with E-state index in [4.69, 9.17) is 4.74 Å². The molecule has 1 aromatic heterocycles. The van der Waals surface area contributed by atoms with Gasteiger partial charge in [-0.15, -0.1) is 11.3 Å². The number of hydrogen-bond acceptors (Lipinski definition) is 6. The number of urea groups is 1. The Morgan fingerprint density at radius 1 is 1.30 bits per heavy atom. The summed E-state index contributed by atoms with van der Waals surface area (Å²) in [6.45, 7) is 9.62. The molecule has 2 amide bonds. The van der Waals surface area contributed by atoms with E-state index in [2.05, 4.69) is 27.0 Å². The Kier molecular flexibility index (Phi) is 5.69. The highest BCUT2D eigenvalue weighted by Crippen LogP contribution is 2.18. The maximum absolute atomic E-state index is 12.4. The third kappa shape index (κ3) is 4.55. The smallest absolute Gasteiger partial charge is 0.317 e. The number of carbonyl (C=O) groups excluding carboxylic acids is 1. The van der Waals surface area contributed by atoms with Crippen molar-refractivity contribution in [1.82, 2.24) is 20.1 Å². The van der Waals surface area contributed by atoms with Crippen molar-refractivity contribution < 1.29 is 9.53 Å². The van der Waals surface area contributed by atoms with E-state index in [-0.39, 0.29) is 12.1 Å². The second-order valence-electron chi connectivity index (χ2n) is 6.05. The molecule has 0 bridgehead atoms. The molecule has 0 spiro atoms. The molecule has 2 saturated heterocycles. The summed E-state index contributed by atoms with van der Waals surface area (Å²) in [4.78, 5) is 23.2. The van der Waals surface area contributed by atoms with Crippen LogP contribution in [0.1, 0.15) is 6.92 Å². The monoisotopic (exact) mass is 339 g/mol. The zero-order valence-corrected chi connectivity index (χ0v) is 14.4. The molecular formula is C15H25N5O2S. The lowest BCUT2D eigenvalue weighted by Gasteiger charge is -2.35. The number of nitrogens with one attached hydrogen (secondary N) is 1. The molecule has 1 atom stereocenters. The molecule has 0 aliphatic carbocycles. The number of ether oxygens (including phenoxy) is 1. The van der Waals surface area contributed by atoms with Crippen LogP contribution in [0, 0.1) is 0 Å². The van der Waals surface area contributed by atoms with Crippen LogP contribution in [0.15, 0.2) is 11.6 Å². The third-order valence-corrected chi connectivity index (χ3v) is 5.09. The fourth-order valence-electron chi connectivity index (χ4n) is 2.99. The molecule has 1 unspecified atom stereocenters. The van der Waals surface area contributed by atoms with Crippen LogP contribution in [0.2, 0.25) is 0 Å².